The molecule has 1 aliphatic rings. The zero-order valence-electron chi connectivity index (χ0n) is 15.9. The molecule has 0 aliphatic carbocycles. The summed E-state index contributed by atoms with van der Waals surface area (Å²) < 4.78 is 18.0. The van der Waals surface area contributed by atoms with Crippen LogP contribution in [-0.4, -0.2) is 44.0 Å². The molecule has 23 heavy (non-hydrogen) atoms. The van der Waals surface area contributed by atoms with Gasteiger partial charge in [-0.15, -0.1) is 0 Å². The first-order chi connectivity index (χ1) is 11.0. The molecule has 0 aromatic heterocycles. The van der Waals surface area contributed by atoms with Gasteiger partial charge in [0.15, 0.2) is 0 Å². The Morgan fingerprint density at radius 3 is 2.04 bits per heavy atom. The number of hydrogen-bond acceptors (Lipinski definition) is 3. The van der Waals surface area contributed by atoms with E-state index in [4.69, 9.17) is 4.74 Å². The van der Waals surface area contributed by atoms with Crippen molar-refractivity contribution in [1.82, 2.24) is 4.90 Å². The number of hydrogen-bond donors (Lipinski definition) is 0. The fraction of sp³-hybridized carbons (Fsp3) is 0.632. The number of carbonyl (C=O) groups is 1. The molecule has 0 spiro atoms. The van der Waals surface area contributed by atoms with Gasteiger partial charge in [0.2, 0.25) is 0 Å². The molecule has 0 N–H and O–H groups in total. The molecule has 1 aromatic rings. The Labute approximate surface area is 141 Å². The minimum Gasteiger partial charge on any atom is -0.379 e. The molecule has 4 heteroatoms. The minimum atomic E-state index is -0.242. The van der Waals surface area contributed by atoms with E-state index in [-0.39, 0.29) is 11.6 Å². The first-order valence-electron chi connectivity index (χ1n) is 8.50. The maximum Gasteiger partial charge on any atom is 0.134 e. The number of benzene rings is 1. The van der Waals surface area contributed by atoms with Crippen molar-refractivity contribution in [3.05, 3.63) is 35.1 Å². The molecule has 0 unspecified atom stereocenters. The topological polar surface area (TPSA) is 29.5 Å². The Bertz CT molecular complexity index is 416. The summed E-state index contributed by atoms with van der Waals surface area (Å²) in [5, 5.41) is 0. The van der Waals surface area contributed by atoms with Crippen molar-refractivity contribution >= 4 is 5.78 Å². The van der Waals surface area contributed by atoms with E-state index in [1.54, 1.807) is 19.1 Å². The van der Waals surface area contributed by atoms with Crippen LogP contribution in [0.25, 0.3) is 0 Å². The van der Waals surface area contributed by atoms with Crippen molar-refractivity contribution in [2.75, 3.05) is 33.4 Å². The van der Waals surface area contributed by atoms with Gasteiger partial charge in [0.05, 0.1) is 13.2 Å². The second kappa shape index (κ2) is 15.6. The van der Waals surface area contributed by atoms with Gasteiger partial charge in [-0.1, -0.05) is 39.8 Å². The molecule has 134 valence electrons. The highest BCUT2D eigenvalue weighted by Crippen LogP contribution is 2.09. The Morgan fingerprint density at radius 2 is 1.70 bits per heavy atom. The molecule has 1 fully saturated rings. The molecule has 0 amide bonds. The van der Waals surface area contributed by atoms with Crippen LogP contribution in [0.3, 0.4) is 0 Å². The highest BCUT2D eigenvalue weighted by Gasteiger charge is 2.02. The SMILES string of the molecule is CC.CC.CC(=O)Cc1ccc(C)c(F)c1.CN1CCOCC1. The van der Waals surface area contributed by atoms with E-state index in [1.807, 2.05) is 27.7 Å². The fourth-order valence-corrected chi connectivity index (χ4v) is 1.69. The minimum absolute atomic E-state index is 0.0539. The van der Waals surface area contributed by atoms with Gasteiger partial charge < -0.3 is 9.64 Å². The molecule has 0 radical (unpaired) electrons. The van der Waals surface area contributed by atoms with Crippen molar-refractivity contribution in [1.29, 1.82) is 0 Å². The third-order valence-corrected chi connectivity index (χ3v) is 2.92. The standard InChI is InChI=1S/C10H11FO.C5H11NO.2C2H6/c1-7-3-4-9(5-8(2)12)6-10(7)11;1-6-2-4-7-5-3-6;2*1-2/h3-4,6H,5H2,1-2H3;2-5H2,1H3;2*1-2H3. The van der Waals surface area contributed by atoms with Crippen LogP contribution in [0.2, 0.25) is 0 Å². The Morgan fingerprint density at radius 1 is 1.17 bits per heavy atom. The molecule has 1 aromatic carbocycles. The number of Topliss-reactive ketones (excluding diaryl/α,β-unsaturated/α-hetero) is 1. The van der Waals surface area contributed by atoms with Crippen molar-refractivity contribution in [3.63, 3.8) is 0 Å². The maximum absolute atomic E-state index is 12.9. The van der Waals surface area contributed by atoms with Crippen molar-refractivity contribution in [3.8, 4) is 0 Å². The highest BCUT2D eigenvalue weighted by atomic mass is 19.1. The van der Waals surface area contributed by atoms with E-state index in [0.717, 1.165) is 31.9 Å². The third kappa shape index (κ3) is 12.9. The number of aryl methyl sites for hydroxylation is 1. The van der Waals surface area contributed by atoms with E-state index >= 15 is 0 Å². The lowest BCUT2D eigenvalue weighted by molar-refractivity contribution is -0.116. The molecular formula is C19H34FNO2. The van der Waals surface area contributed by atoms with Crippen LogP contribution in [0.5, 0.6) is 0 Å². The van der Waals surface area contributed by atoms with Crippen LogP contribution in [-0.2, 0) is 16.0 Å². The number of halogens is 1. The van der Waals surface area contributed by atoms with E-state index in [9.17, 15) is 9.18 Å². The largest absolute Gasteiger partial charge is 0.379 e. The predicted molar refractivity (Wildman–Crippen MR) is 96.5 cm³/mol. The van der Waals surface area contributed by atoms with Gasteiger partial charge in [-0.3, -0.25) is 4.79 Å². The van der Waals surface area contributed by atoms with E-state index in [1.165, 1.54) is 13.0 Å². The maximum atomic E-state index is 12.9. The van der Waals surface area contributed by atoms with Crippen LogP contribution >= 0.6 is 0 Å². The predicted octanol–water partition coefficient (Wildman–Crippen LogP) is 4.27. The second-order valence-electron chi connectivity index (χ2n) is 4.88. The molecule has 0 saturated carbocycles. The lowest BCUT2D eigenvalue weighted by Gasteiger charge is -2.21. The van der Waals surface area contributed by atoms with Crippen LogP contribution in [0.1, 0.15) is 45.7 Å². The fourth-order valence-electron chi connectivity index (χ4n) is 1.69. The normalized spacial score (nSPS) is 13.4. The van der Waals surface area contributed by atoms with E-state index in [2.05, 4.69) is 11.9 Å². The van der Waals surface area contributed by atoms with Crippen LogP contribution in [0.15, 0.2) is 18.2 Å². The Kier molecular flexibility index (Phi) is 16.3. The number of ketones is 1. The van der Waals surface area contributed by atoms with Crippen molar-refractivity contribution in [2.24, 2.45) is 0 Å². The third-order valence-electron chi connectivity index (χ3n) is 2.92. The number of morpholine rings is 1. The molecule has 3 nitrogen and oxygen atoms in total. The summed E-state index contributed by atoms with van der Waals surface area (Å²) in [7, 11) is 2.11. The number of likely N-dealkylation sites (N-methyl/N-ethyl adjacent to an activating group) is 1. The van der Waals surface area contributed by atoms with Gasteiger partial charge in [-0.2, -0.15) is 0 Å². The summed E-state index contributed by atoms with van der Waals surface area (Å²) >= 11 is 0. The lowest BCUT2D eigenvalue weighted by atomic mass is 10.1. The van der Waals surface area contributed by atoms with Crippen molar-refractivity contribution in [2.45, 2.75) is 48.0 Å². The highest BCUT2D eigenvalue weighted by molar-refractivity contribution is 5.78. The summed E-state index contributed by atoms with van der Waals surface area (Å²) in [4.78, 5) is 13.0. The van der Waals surface area contributed by atoms with Crippen LogP contribution in [0.4, 0.5) is 4.39 Å². The van der Waals surface area contributed by atoms with Gasteiger partial charge in [-0.05, 0) is 38.1 Å². The monoisotopic (exact) mass is 327 g/mol. The van der Waals surface area contributed by atoms with E-state index < -0.39 is 0 Å². The van der Waals surface area contributed by atoms with Gasteiger partial charge >= 0.3 is 0 Å². The molecule has 2 rings (SSSR count). The average Bonchev–Trinajstić information content (AvgIpc) is 2.56. The van der Waals surface area contributed by atoms with Crippen LogP contribution < -0.4 is 0 Å². The summed E-state index contributed by atoms with van der Waals surface area (Å²) in [6.45, 7) is 15.2. The molecule has 0 bridgehead atoms. The molecule has 0 atom stereocenters. The molecule has 1 saturated heterocycles. The summed E-state index contributed by atoms with van der Waals surface area (Å²) in [6, 6.07) is 4.88. The van der Waals surface area contributed by atoms with Gasteiger partial charge in [0.25, 0.3) is 0 Å². The summed E-state index contributed by atoms with van der Waals surface area (Å²) in [5.41, 5.74) is 1.35. The smallest absolute Gasteiger partial charge is 0.134 e. The molecule has 1 aliphatic heterocycles. The molecular weight excluding hydrogens is 293 g/mol. The van der Waals surface area contributed by atoms with Gasteiger partial charge in [-0.25, -0.2) is 4.39 Å². The lowest BCUT2D eigenvalue weighted by Crippen LogP contribution is -2.32. The number of carbonyl (C=O) groups excluding carboxylic acids is 1. The Hall–Kier alpha value is -1.26. The van der Waals surface area contributed by atoms with Gasteiger partial charge in [0.1, 0.15) is 11.6 Å². The first-order valence-corrected chi connectivity index (χ1v) is 8.50. The van der Waals surface area contributed by atoms with Crippen molar-refractivity contribution < 1.29 is 13.9 Å². The summed E-state index contributed by atoms with van der Waals surface area (Å²) in [6.07, 6.45) is 0.317. The average molecular weight is 327 g/mol. The number of rotatable bonds is 2. The summed E-state index contributed by atoms with van der Waals surface area (Å²) in [5.74, 6) is -0.188. The zero-order chi connectivity index (χ0) is 18.3. The first kappa shape index (κ1) is 24.0. The number of ether oxygens (including phenoxy) is 1. The molecule has 1 heterocycles. The number of nitrogens with zero attached hydrogens (tertiary/aromatic N) is 1. The van der Waals surface area contributed by atoms with Gasteiger partial charge in [0, 0.05) is 19.5 Å². The second-order valence-corrected chi connectivity index (χ2v) is 4.88. The Balaban J connectivity index is 0. The van der Waals surface area contributed by atoms with Crippen LogP contribution in [0, 0.1) is 12.7 Å². The quantitative estimate of drug-likeness (QED) is 0.812. The zero-order valence-corrected chi connectivity index (χ0v) is 15.9. The van der Waals surface area contributed by atoms with E-state index in [0.29, 0.717) is 12.0 Å².